The quantitative estimate of drug-likeness (QED) is 0.504. The molecule has 0 aromatic heterocycles. The Labute approximate surface area is 195 Å². The van der Waals surface area contributed by atoms with Gasteiger partial charge in [0.1, 0.15) is 0 Å². The molecule has 0 aliphatic carbocycles. The van der Waals surface area contributed by atoms with Crippen molar-refractivity contribution in [2.45, 2.75) is 18.1 Å². The summed E-state index contributed by atoms with van der Waals surface area (Å²) >= 11 is 7.74. The van der Waals surface area contributed by atoms with Crippen LogP contribution in [0.25, 0.3) is 0 Å². The predicted octanol–water partition coefficient (Wildman–Crippen LogP) is 5.46. The molecule has 162 valence electrons. The van der Waals surface area contributed by atoms with E-state index in [-0.39, 0.29) is 16.7 Å². The summed E-state index contributed by atoms with van der Waals surface area (Å²) in [7, 11) is 0. The molecule has 7 heteroatoms. The monoisotopic (exact) mass is 464 g/mol. The van der Waals surface area contributed by atoms with E-state index in [1.807, 2.05) is 54.6 Å². The molecule has 1 aliphatic heterocycles. The summed E-state index contributed by atoms with van der Waals surface area (Å²) < 4.78 is 0. The number of aromatic carboxylic acids is 1. The fourth-order valence-electron chi connectivity index (χ4n) is 3.47. The number of carbonyl (C=O) groups excluding carboxylic acids is 1. The second kappa shape index (κ2) is 10.0. The molecule has 1 fully saturated rings. The normalized spacial score (nSPS) is 17.2. The molecule has 1 N–H and O–H groups in total. The van der Waals surface area contributed by atoms with E-state index >= 15 is 0 Å². The molecule has 3 aromatic rings. The third-order valence-corrected chi connectivity index (χ3v) is 6.73. The molecule has 32 heavy (non-hydrogen) atoms. The largest absolute Gasteiger partial charge is 0.478 e. The van der Waals surface area contributed by atoms with Crippen LogP contribution in [0.15, 0.2) is 83.9 Å². The maximum atomic E-state index is 13.3. The number of carboxylic acids is 1. The lowest BCUT2D eigenvalue weighted by Gasteiger charge is -2.16. The third-order valence-electron chi connectivity index (χ3n) is 5.19. The van der Waals surface area contributed by atoms with Gasteiger partial charge in [0.2, 0.25) is 5.91 Å². The Morgan fingerprint density at radius 3 is 2.38 bits per heavy atom. The molecule has 0 spiro atoms. The zero-order valence-corrected chi connectivity index (χ0v) is 18.7. The molecule has 1 unspecified atom stereocenters. The summed E-state index contributed by atoms with van der Waals surface area (Å²) in [6, 6.07) is 23.9. The number of amidine groups is 1. The molecule has 5 nitrogen and oxygen atoms in total. The predicted molar refractivity (Wildman–Crippen MR) is 129 cm³/mol. The highest BCUT2D eigenvalue weighted by Gasteiger charge is 2.38. The van der Waals surface area contributed by atoms with Gasteiger partial charge in [0.25, 0.3) is 0 Å². The number of carbonyl (C=O) groups is 2. The number of nitrogens with zero attached hydrogens (tertiary/aromatic N) is 2. The molecule has 1 amide bonds. The Morgan fingerprint density at radius 1 is 1.00 bits per heavy atom. The van der Waals surface area contributed by atoms with Crippen molar-refractivity contribution in [3.8, 4) is 0 Å². The Balaban J connectivity index is 1.59. The number of amides is 1. The molecule has 3 aromatic carbocycles. The van der Waals surface area contributed by atoms with Crippen LogP contribution < -0.4 is 0 Å². The van der Waals surface area contributed by atoms with Crippen LogP contribution >= 0.6 is 23.4 Å². The van der Waals surface area contributed by atoms with Gasteiger partial charge in [-0.3, -0.25) is 9.69 Å². The highest BCUT2D eigenvalue weighted by Crippen LogP contribution is 2.33. The number of hydrogen-bond acceptors (Lipinski definition) is 4. The van der Waals surface area contributed by atoms with Gasteiger partial charge in [-0.1, -0.05) is 71.9 Å². The van der Waals surface area contributed by atoms with E-state index in [9.17, 15) is 9.59 Å². The molecule has 1 saturated heterocycles. The Hall–Kier alpha value is -3.09. The van der Waals surface area contributed by atoms with Crippen LogP contribution in [0, 0.1) is 0 Å². The van der Waals surface area contributed by atoms with Gasteiger partial charge in [-0.25, -0.2) is 9.79 Å². The van der Waals surface area contributed by atoms with E-state index in [1.54, 1.807) is 17.0 Å². The van der Waals surface area contributed by atoms with Crippen molar-refractivity contribution < 1.29 is 14.7 Å². The van der Waals surface area contributed by atoms with Gasteiger partial charge in [0.15, 0.2) is 5.17 Å². The van der Waals surface area contributed by atoms with Crippen LogP contribution in [0.1, 0.15) is 21.5 Å². The van der Waals surface area contributed by atoms with Crippen LogP contribution in [-0.4, -0.2) is 38.8 Å². The van der Waals surface area contributed by atoms with Crippen molar-refractivity contribution in [2.75, 3.05) is 6.54 Å². The lowest BCUT2D eigenvalue weighted by Crippen LogP contribution is -2.34. The first-order valence-electron chi connectivity index (χ1n) is 10.2. The van der Waals surface area contributed by atoms with Crippen molar-refractivity contribution in [1.29, 1.82) is 0 Å². The highest BCUT2D eigenvalue weighted by atomic mass is 35.5. The molecule has 1 aliphatic rings. The molecular weight excluding hydrogens is 444 g/mol. The number of benzene rings is 3. The Kier molecular flexibility index (Phi) is 6.93. The topological polar surface area (TPSA) is 70.0 Å². The lowest BCUT2D eigenvalue weighted by molar-refractivity contribution is -0.126. The maximum Gasteiger partial charge on any atom is 0.335 e. The Bertz CT molecular complexity index is 1150. The smallest absolute Gasteiger partial charge is 0.335 e. The zero-order valence-electron chi connectivity index (χ0n) is 17.1. The van der Waals surface area contributed by atoms with Gasteiger partial charge in [-0.2, -0.15) is 0 Å². The first kappa shape index (κ1) is 22.1. The molecular formula is C25H21ClN2O3S. The number of carboxylic acid groups (broad SMARTS) is 1. The van der Waals surface area contributed by atoms with Crippen LogP contribution in [0.4, 0.5) is 5.69 Å². The minimum absolute atomic E-state index is 0.00626. The number of rotatable bonds is 7. The maximum absolute atomic E-state index is 13.3. The zero-order chi connectivity index (χ0) is 22.5. The minimum Gasteiger partial charge on any atom is -0.478 e. The van der Waals surface area contributed by atoms with E-state index in [2.05, 4.69) is 4.99 Å². The fraction of sp³-hybridized carbons (Fsp3) is 0.160. The average molecular weight is 465 g/mol. The van der Waals surface area contributed by atoms with Crippen LogP contribution in [-0.2, 0) is 17.6 Å². The van der Waals surface area contributed by atoms with E-state index in [0.717, 1.165) is 11.1 Å². The van der Waals surface area contributed by atoms with Crippen molar-refractivity contribution in [3.05, 3.63) is 101 Å². The molecule has 0 bridgehead atoms. The second-order valence-corrected chi connectivity index (χ2v) is 8.95. The Morgan fingerprint density at radius 2 is 1.69 bits per heavy atom. The van der Waals surface area contributed by atoms with Crippen molar-refractivity contribution >= 4 is 46.1 Å². The number of hydrogen-bond donors (Lipinski definition) is 1. The molecule has 0 radical (unpaired) electrons. The lowest BCUT2D eigenvalue weighted by atomic mass is 10.1. The van der Waals surface area contributed by atoms with Crippen molar-refractivity contribution in [2.24, 2.45) is 4.99 Å². The van der Waals surface area contributed by atoms with Gasteiger partial charge >= 0.3 is 5.97 Å². The molecule has 0 saturated carbocycles. The molecule has 4 rings (SSSR count). The first-order chi connectivity index (χ1) is 15.5. The summed E-state index contributed by atoms with van der Waals surface area (Å²) in [5, 5.41) is 10.1. The second-order valence-electron chi connectivity index (χ2n) is 7.37. The minimum atomic E-state index is -0.987. The number of aliphatic imine (C=N–C) groups is 1. The van der Waals surface area contributed by atoms with Crippen LogP contribution in [0.3, 0.4) is 0 Å². The third kappa shape index (κ3) is 5.21. The highest BCUT2D eigenvalue weighted by molar-refractivity contribution is 8.15. The van der Waals surface area contributed by atoms with Crippen LogP contribution in [0.5, 0.6) is 0 Å². The van der Waals surface area contributed by atoms with Crippen LogP contribution in [0.2, 0.25) is 5.02 Å². The average Bonchev–Trinajstić information content (AvgIpc) is 3.09. The van der Waals surface area contributed by atoms with Gasteiger partial charge < -0.3 is 5.11 Å². The van der Waals surface area contributed by atoms with E-state index in [0.29, 0.717) is 35.3 Å². The van der Waals surface area contributed by atoms with Gasteiger partial charge in [-0.15, -0.1) is 0 Å². The van der Waals surface area contributed by atoms with Gasteiger partial charge in [-0.05, 0) is 54.3 Å². The fourth-order valence-corrected chi connectivity index (χ4v) is 4.89. The van der Waals surface area contributed by atoms with Crippen molar-refractivity contribution in [3.63, 3.8) is 0 Å². The first-order valence-corrected chi connectivity index (χ1v) is 11.4. The van der Waals surface area contributed by atoms with Crippen molar-refractivity contribution in [1.82, 2.24) is 4.90 Å². The summed E-state index contributed by atoms with van der Waals surface area (Å²) in [5.74, 6) is -0.981. The SMILES string of the molecule is O=C(O)c1ccc(N=C2SC(Cc3ccccc3Cl)C(=O)N2CCc2ccccc2)cc1. The van der Waals surface area contributed by atoms with Gasteiger partial charge in [0.05, 0.1) is 16.5 Å². The molecule has 1 atom stereocenters. The summed E-state index contributed by atoms with van der Waals surface area (Å²) in [5.41, 5.74) is 2.87. The van der Waals surface area contributed by atoms with E-state index in [1.165, 1.54) is 23.9 Å². The van der Waals surface area contributed by atoms with E-state index < -0.39 is 5.97 Å². The van der Waals surface area contributed by atoms with Gasteiger partial charge in [0, 0.05) is 11.6 Å². The number of halogens is 1. The summed E-state index contributed by atoms with van der Waals surface area (Å²) in [6.07, 6.45) is 1.23. The molecule has 1 heterocycles. The summed E-state index contributed by atoms with van der Waals surface area (Å²) in [6.45, 7) is 0.515. The standard InChI is InChI=1S/C25H21ClN2O3S/c26-21-9-5-4-8-19(21)16-22-23(29)28(15-14-17-6-2-1-3-7-17)25(32-22)27-20-12-10-18(11-13-20)24(30)31/h1-13,22H,14-16H2,(H,30,31). The van der Waals surface area contributed by atoms with E-state index in [4.69, 9.17) is 16.7 Å². The summed E-state index contributed by atoms with van der Waals surface area (Å²) in [4.78, 5) is 30.8. The number of thioether (sulfide) groups is 1.